The number of aliphatic hydroxyl groups excluding tert-OH is 1. The molecule has 2 heterocycles. The fourth-order valence-electron chi connectivity index (χ4n) is 4.46. The summed E-state index contributed by atoms with van der Waals surface area (Å²) in [6, 6.07) is 0. The maximum absolute atomic E-state index is 11.0. The molecule has 5 heteroatoms. The lowest BCUT2D eigenvalue weighted by Gasteiger charge is -2.34. The summed E-state index contributed by atoms with van der Waals surface area (Å²) < 4.78 is 18.0. The number of fused-ring (bicyclic) bond motifs is 4. The van der Waals surface area contributed by atoms with E-state index < -0.39 is 11.4 Å². The van der Waals surface area contributed by atoms with Gasteiger partial charge in [-0.2, -0.15) is 0 Å². The van der Waals surface area contributed by atoms with Crippen LogP contribution in [0.3, 0.4) is 0 Å². The fraction of sp³-hybridized carbons (Fsp3) is 1.00. The Morgan fingerprint density at radius 1 is 1.08 bits per heavy atom. The molecule has 0 radical (unpaired) electrons. The molecule has 0 aromatic carbocycles. The minimum absolute atomic E-state index is 0.0869. The van der Waals surface area contributed by atoms with Crippen LogP contribution < -0.4 is 0 Å². The van der Waals surface area contributed by atoms with Gasteiger partial charge in [0, 0.05) is 12.8 Å². The third-order valence-corrected chi connectivity index (χ3v) is 6.18. The SMILES string of the molecule is CC(C)[C@H](C)CC(O)CCC1OC2C[C@@]1(O)C[C@H]1OC(C)(C)O[C@H]21. The van der Waals surface area contributed by atoms with Gasteiger partial charge in [0.25, 0.3) is 0 Å². The second kappa shape index (κ2) is 6.51. The van der Waals surface area contributed by atoms with E-state index in [1.807, 2.05) is 13.8 Å². The Balaban J connectivity index is 1.54. The van der Waals surface area contributed by atoms with Crippen molar-refractivity contribution in [2.24, 2.45) is 11.8 Å². The molecule has 0 amide bonds. The highest BCUT2D eigenvalue weighted by Crippen LogP contribution is 2.49. The average Bonchev–Trinajstić information content (AvgIpc) is 2.90. The molecule has 5 nitrogen and oxygen atoms in total. The zero-order chi connectivity index (χ0) is 17.7. The van der Waals surface area contributed by atoms with Crippen LogP contribution in [0.15, 0.2) is 0 Å². The number of ether oxygens (including phenoxy) is 3. The third kappa shape index (κ3) is 3.65. The molecule has 3 rings (SSSR count). The molecule has 2 N–H and O–H groups in total. The van der Waals surface area contributed by atoms with Crippen molar-refractivity contribution in [3.8, 4) is 0 Å². The van der Waals surface area contributed by atoms with Gasteiger partial charge in [-0.15, -0.1) is 0 Å². The van der Waals surface area contributed by atoms with E-state index in [4.69, 9.17) is 14.2 Å². The number of aliphatic hydroxyl groups is 2. The predicted octanol–water partition coefficient (Wildman–Crippen LogP) is 2.62. The van der Waals surface area contributed by atoms with Crippen molar-refractivity contribution in [3.05, 3.63) is 0 Å². The minimum Gasteiger partial charge on any atom is -0.393 e. The standard InChI is InChI=1S/C19H34O5/c1-11(2)12(3)8-13(20)6-7-16-19(21)9-14(22-16)17-15(10-19)23-18(4,5)24-17/h11-17,20-21H,6-10H2,1-5H3/t12-,13?,14?,15-,16?,17-,19-/m1/s1. The summed E-state index contributed by atoms with van der Waals surface area (Å²) in [4.78, 5) is 0. The fourth-order valence-corrected chi connectivity index (χ4v) is 4.46. The maximum Gasteiger partial charge on any atom is 0.163 e. The largest absolute Gasteiger partial charge is 0.393 e. The number of hydrogen-bond acceptors (Lipinski definition) is 5. The maximum atomic E-state index is 11.0. The molecule has 140 valence electrons. The summed E-state index contributed by atoms with van der Waals surface area (Å²) in [6.45, 7) is 10.4. The summed E-state index contributed by atoms with van der Waals surface area (Å²) in [7, 11) is 0. The zero-order valence-corrected chi connectivity index (χ0v) is 15.7. The van der Waals surface area contributed by atoms with Crippen LogP contribution in [-0.4, -0.2) is 52.1 Å². The van der Waals surface area contributed by atoms with Gasteiger partial charge in [-0.05, 0) is 44.9 Å². The molecule has 3 unspecified atom stereocenters. The van der Waals surface area contributed by atoms with E-state index in [0.29, 0.717) is 37.5 Å². The first-order valence-electron chi connectivity index (χ1n) is 9.51. The molecular formula is C19H34O5. The van der Waals surface area contributed by atoms with Crippen molar-refractivity contribution >= 4 is 0 Å². The van der Waals surface area contributed by atoms with Crippen molar-refractivity contribution in [2.45, 2.75) is 109 Å². The Morgan fingerprint density at radius 3 is 2.42 bits per heavy atom. The average molecular weight is 342 g/mol. The molecule has 1 saturated carbocycles. The van der Waals surface area contributed by atoms with Crippen LogP contribution in [0, 0.1) is 11.8 Å². The second-order valence-corrected chi connectivity index (χ2v) is 9.00. The van der Waals surface area contributed by atoms with Gasteiger partial charge in [0.05, 0.1) is 30.0 Å². The van der Waals surface area contributed by atoms with E-state index >= 15 is 0 Å². The van der Waals surface area contributed by atoms with Gasteiger partial charge < -0.3 is 24.4 Å². The first kappa shape index (κ1) is 18.6. The first-order valence-corrected chi connectivity index (χ1v) is 9.51. The van der Waals surface area contributed by atoms with E-state index in [-0.39, 0.29) is 30.5 Å². The Morgan fingerprint density at radius 2 is 1.75 bits per heavy atom. The van der Waals surface area contributed by atoms with Crippen LogP contribution in [-0.2, 0) is 14.2 Å². The van der Waals surface area contributed by atoms with E-state index in [9.17, 15) is 10.2 Å². The van der Waals surface area contributed by atoms with Gasteiger partial charge >= 0.3 is 0 Å². The normalized spacial score (nSPS) is 43.0. The molecule has 2 bridgehead atoms. The monoisotopic (exact) mass is 342 g/mol. The summed E-state index contributed by atoms with van der Waals surface area (Å²) in [6.07, 6.45) is 2.47. The third-order valence-electron chi connectivity index (χ3n) is 6.18. The smallest absolute Gasteiger partial charge is 0.163 e. The molecule has 0 spiro atoms. The summed E-state index contributed by atoms with van der Waals surface area (Å²) in [5.74, 6) is 0.469. The quantitative estimate of drug-likeness (QED) is 0.777. The molecule has 24 heavy (non-hydrogen) atoms. The van der Waals surface area contributed by atoms with E-state index in [1.165, 1.54) is 0 Å². The molecule has 0 aromatic rings. The van der Waals surface area contributed by atoms with Crippen molar-refractivity contribution in [2.75, 3.05) is 0 Å². The van der Waals surface area contributed by atoms with E-state index in [1.54, 1.807) is 0 Å². The van der Waals surface area contributed by atoms with E-state index in [0.717, 1.165) is 6.42 Å². The van der Waals surface area contributed by atoms with Crippen LogP contribution >= 0.6 is 0 Å². The Kier molecular flexibility index (Phi) is 5.04. The van der Waals surface area contributed by atoms with Crippen molar-refractivity contribution < 1.29 is 24.4 Å². The van der Waals surface area contributed by atoms with Gasteiger partial charge in [-0.25, -0.2) is 0 Å². The summed E-state index contributed by atoms with van der Waals surface area (Å²) in [5.41, 5.74) is -0.848. The van der Waals surface area contributed by atoms with Crippen LogP contribution in [0.1, 0.15) is 66.7 Å². The highest BCUT2D eigenvalue weighted by molar-refractivity contribution is 5.09. The predicted molar refractivity (Wildman–Crippen MR) is 90.5 cm³/mol. The van der Waals surface area contributed by atoms with Gasteiger partial charge in [0.1, 0.15) is 6.10 Å². The first-order chi connectivity index (χ1) is 11.1. The van der Waals surface area contributed by atoms with E-state index in [2.05, 4.69) is 20.8 Å². The van der Waals surface area contributed by atoms with Crippen LogP contribution in [0.25, 0.3) is 0 Å². The molecule has 3 fully saturated rings. The molecular weight excluding hydrogens is 308 g/mol. The highest BCUT2D eigenvalue weighted by Gasteiger charge is 2.61. The molecule has 2 aliphatic heterocycles. The van der Waals surface area contributed by atoms with Gasteiger partial charge in [-0.3, -0.25) is 0 Å². The minimum atomic E-state index is -0.848. The topological polar surface area (TPSA) is 68.2 Å². The van der Waals surface area contributed by atoms with Crippen molar-refractivity contribution in [1.29, 1.82) is 0 Å². The Labute approximate surface area is 145 Å². The summed E-state index contributed by atoms with van der Waals surface area (Å²) in [5, 5.41) is 21.3. The molecule has 1 aliphatic carbocycles. The van der Waals surface area contributed by atoms with Crippen LogP contribution in [0.4, 0.5) is 0 Å². The number of rotatable bonds is 6. The van der Waals surface area contributed by atoms with Gasteiger partial charge in [0.15, 0.2) is 5.79 Å². The molecule has 7 atom stereocenters. The lowest BCUT2D eigenvalue weighted by Crippen LogP contribution is -2.48. The van der Waals surface area contributed by atoms with Gasteiger partial charge in [0.2, 0.25) is 0 Å². The van der Waals surface area contributed by atoms with Crippen molar-refractivity contribution in [3.63, 3.8) is 0 Å². The second-order valence-electron chi connectivity index (χ2n) is 9.00. The highest BCUT2D eigenvalue weighted by atomic mass is 16.8. The summed E-state index contributed by atoms with van der Waals surface area (Å²) >= 11 is 0. The molecule has 2 saturated heterocycles. The number of hydrogen-bond donors (Lipinski definition) is 2. The van der Waals surface area contributed by atoms with Crippen molar-refractivity contribution in [1.82, 2.24) is 0 Å². The lowest BCUT2D eigenvalue weighted by molar-refractivity contribution is -0.165. The van der Waals surface area contributed by atoms with Crippen LogP contribution in [0.2, 0.25) is 0 Å². The molecule has 3 aliphatic rings. The van der Waals surface area contributed by atoms with Crippen LogP contribution in [0.5, 0.6) is 0 Å². The Bertz CT molecular complexity index is 451. The lowest BCUT2D eigenvalue weighted by atomic mass is 9.78. The van der Waals surface area contributed by atoms with Gasteiger partial charge in [-0.1, -0.05) is 20.8 Å². The molecule has 0 aromatic heterocycles. The Hall–Kier alpha value is -0.200. The zero-order valence-electron chi connectivity index (χ0n) is 15.7.